The summed E-state index contributed by atoms with van der Waals surface area (Å²) in [5, 5.41) is 2.89. The van der Waals surface area contributed by atoms with Crippen LogP contribution in [0.25, 0.3) is 20.9 Å². The van der Waals surface area contributed by atoms with Gasteiger partial charge in [0, 0.05) is 9.75 Å². The van der Waals surface area contributed by atoms with E-state index in [0.717, 1.165) is 12.8 Å². The molecule has 2 unspecified atom stereocenters. The second-order valence-electron chi connectivity index (χ2n) is 27.7. The molecule has 2 aromatic heterocycles. The van der Waals surface area contributed by atoms with Crippen LogP contribution in [-0.4, -0.2) is 0 Å². The van der Waals surface area contributed by atoms with E-state index in [0.29, 0.717) is 17.2 Å². The van der Waals surface area contributed by atoms with Crippen molar-refractivity contribution in [3.63, 3.8) is 0 Å². The van der Waals surface area contributed by atoms with Gasteiger partial charge < -0.3 is 0 Å². The van der Waals surface area contributed by atoms with Gasteiger partial charge in [0.05, 0.1) is 9.75 Å². The lowest BCUT2D eigenvalue weighted by Gasteiger charge is -2.33. The fourth-order valence-electron chi connectivity index (χ4n) is 9.90. The predicted octanol–water partition coefficient (Wildman–Crippen LogP) is 21.4. The third kappa shape index (κ3) is 17.5. The highest BCUT2D eigenvalue weighted by Crippen LogP contribution is 2.41. The Balaban J connectivity index is 1.53. The lowest BCUT2D eigenvalue weighted by molar-refractivity contribution is 0.553. The van der Waals surface area contributed by atoms with Gasteiger partial charge in [0.1, 0.15) is 0 Å². The Labute approximate surface area is 467 Å². The Hall–Kier alpha value is -2.96. The summed E-state index contributed by atoms with van der Waals surface area (Å²) in [5.74, 6) is 7.51. The van der Waals surface area contributed by atoms with Gasteiger partial charge >= 0.3 is 0 Å². The number of rotatable bonds is 18. The first kappa shape index (κ1) is 61.9. The molecule has 5 aromatic rings. The number of unbranched alkanes of at least 4 members (excludes halogenated alkanes) is 10. The molecule has 402 valence electrons. The maximum Gasteiger partial charge on any atom is 0.0781 e. The van der Waals surface area contributed by atoms with Crippen molar-refractivity contribution >= 4 is 50.4 Å². The van der Waals surface area contributed by atoms with E-state index in [9.17, 15) is 0 Å². The van der Waals surface area contributed by atoms with Crippen molar-refractivity contribution in [2.75, 3.05) is 0 Å². The predicted molar refractivity (Wildman–Crippen MR) is 342 cm³/mol. The van der Waals surface area contributed by atoms with Crippen LogP contribution < -0.4 is 10.6 Å². The monoisotopic (exact) mass is 1070 g/mol. The third-order valence-corrected chi connectivity index (χ3v) is 19.0. The van der Waals surface area contributed by atoms with Crippen LogP contribution in [0.15, 0.2) is 60.7 Å². The summed E-state index contributed by atoms with van der Waals surface area (Å²) in [6.07, 6.45) is 17.8. The van der Waals surface area contributed by atoms with Gasteiger partial charge in [0.2, 0.25) is 0 Å². The summed E-state index contributed by atoms with van der Waals surface area (Å²) < 4.78 is 0. The fourth-order valence-corrected chi connectivity index (χ4v) is 15.2. The smallest absolute Gasteiger partial charge is 0.0781 e. The van der Waals surface area contributed by atoms with Crippen LogP contribution in [0.3, 0.4) is 0 Å². The van der Waals surface area contributed by atoms with Crippen LogP contribution >= 0.6 is 39.8 Å². The highest BCUT2D eigenvalue weighted by atomic mass is 32.1. The van der Waals surface area contributed by atoms with Gasteiger partial charge in [-0.15, -0.1) is 22.7 Å². The molecule has 3 aromatic carbocycles. The topological polar surface area (TPSA) is 0 Å². The highest BCUT2D eigenvalue weighted by Gasteiger charge is 2.31. The van der Waals surface area contributed by atoms with Gasteiger partial charge in [0.15, 0.2) is 0 Å². The Bertz CT molecular complexity index is 2480. The molecule has 0 amide bonds. The summed E-state index contributed by atoms with van der Waals surface area (Å²) in [4.78, 5) is 5.17. The first-order valence-electron chi connectivity index (χ1n) is 28.7. The average molecular weight is 1070 g/mol. The van der Waals surface area contributed by atoms with Crippen molar-refractivity contribution in [1.82, 2.24) is 0 Å². The van der Waals surface area contributed by atoms with Crippen LogP contribution in [0, 0.1) is 23.2 Å². The summed E-state index contributed by atoms with van der Waals surface area (Å²) in [5.41, 5.74) is 22.0. The summed E-state index contributed by atoms with van der Waals surface area (Å²) in [6, 6.07) is 24.4. The zero-order chi connectivity index (χ0) is 54.9. The minimum atomic E-state index is 0.0254. The van der Waals surface area contributed by atoms with Crippen LogP contribution in [0.1, 0.15) is 270 Å². The van der Waals surface area contributed by atoms with Gasteiger partial charge in [-0.25, -0.2) is 0 Å². The summed E-state index contributed by atoms with van der Waals surface area (Å²) >= 11 is 3.81. The molecule has 0 radical (unpaired) electrons. The third-order valence-electron chi connectivity index (χ3n) is 14.6. The molecule has 0 saturated carbocycles. The van der Waals surface area contributed by atoms with Gasteiger partial charge in [-0.3, -0.25) is 0 Å². The van der Waals surface area contributed by atoms with Gasteiger partial charge in [0.25, 0.3) is 0 Å². The molecule has 0 aliphatic carbocycles. The van der Waals surface area contributed by atoms with Crippen molar-refractivity contribution in [3.8, 4) is 44.0 Å². The Morgan fingerprint density at radius 1 is 0.365 bits per heavy atom. The van der Waals surface area contributed by atoms with Gasteiger partial charge in [-0.2, -0.15) is 0 Å². The second-order valence-corrected chi connectivity index (χ2v) is 31.8. The van der Waals surface area contributed by atoms with Crippen LogP contribution in [0.5, 0.6) is 0 Å². The standard InChI is InChI=1S/C70H100P2S2/c1-21-23-25-27-29-31-33-51-43-55(39-41-71-61-57(67(9,10)11)45-53(65(3,4)5)46-58(61)68(12,13)14)73-63(51)49-35-37-50(38-36-49)64-52(34-32-30-28-26-24-22-2)44-56(74-64)40-42-72-62-59(69(15,16)17)47-54(66(6,7)8)48-60(62)70(18,19)20/h35-38,43-48,71-72H,21-34H2,1-20H3. The fraction of sp³-hybridized carbons (Fsp3) is 0.571. The zero-order valence-electron chi connectivity index (χ0n) is 50.5. The molecule has 0 N–H and O–H groups in total. The molecule has 0 spiro atoms. The van der Waals surface area contributed by atoms with E-state index < -0.39 is 0 Å². The molecular weight excluding hydrogens is 967 g/mol. The van der Waals surface area contributed by atoms with Crippen molar-refractivity contribution in [3.05, 3.63) is 115 Å². The average Bonchev–Trinajstić information content (AvgIpc) is 3.90. The van der Waals surface area contributed by atoms with Crippen molar-refractivity contribution < 1.29 is 0 Å². The minimum absolute atomic E-state index is 0.0254. The maximum atomic E-state index is 3.78. The molecule has 2 heterocycles. The number of benzene rings is 3. The quantitative estimate of drug-likeness (QED) is 0.0466. The number of hydrogen-bond donors (Lipinski definition) is 0. The molecule has 0 aliphatic heterocycles. The number of hydrogen-bond acceptors (Lipinski definition) is 2. The molecule has 0 fully saturated rings. The lowest BCUT2D eigenvalue weighted by Crippen LogP contribution is -2.30. The first-order chi connectivity index (χ1) is 34.4. The number of thiophene rings is 2. The molecule has 5 rings (SSSR count). The summed E-state index contributed by atoms with van der Waals surface area (Å²) in [6.45, 7) is 47.1. The zero-order valence-corrected chi connectivity index (χ0v) is 54.1. The van der Waals surface area contributed by atoms with E-state index in [1.54, 1.807) is 0 Å². The first-order valence-corrected chi connectivity index (χ1v) is 32.4. The largest absolute Gasteiger partial charge is 0.126 e. The summed E-state index contributed by atoms with van der Waals surface area (Å²) in [7, 11) is 0.860. The molecular formula is C70H100P2S2. The van der Waals surface area contributed by atoms with E-state index >= 15 is 0 Å². The Morgan fingerprint density at radius 2 is 0.649 bits per heavy atom. The van der Waals surface area contributed by atoms with Crippen molar-refractivity contribution in [2.24, 2.45) is 0 Å². The number of aryl methyl sites for hydroxylation is 2. The lowest BCUT2D eigenvalue weighted by atomic mass is 9.75. The van der Waals surface area contributed by atoms with Crippen LogP contribution in [-0.2, 0) is 45.3 Å². The van der Waals surface area contributed by atoms with E-state index in [1.807, 2.05) is 22.7 Å². The Kier molecular flexibility index (Phi) is 21.9. The molecule has 0 aliphatic rings. The molecule has 4 heteroatoms. The Morgan fingerprint density at radius 3 is 0.919 bits per heavy atom. The molecule has 2 atom stereocenters. The van der Waals surface area contributed by atoms with Gasteiger partial charge in [-0.1, -0.05) is 274 Å². The highest BCUT2D eigenvalue weighted by molar-refractivity contribution is 7.53. The van der Waals surface area contributed by atoms with Crippen LogP contribution in [0.2, 0.25) is 0 Å². The van der Waals surface area contributed by atoms with E-state index in [-0.39, 0.29) is 32.5 Å². The SMILES string of the molecule is CCCCCCCCc1cc(C#CPc2c(C(C)(C)C)cc(C(C)(C)C)cc2C(C)(C)C)sc1-c1ccc(-c2sc(C#CPc3c(C(C)(C)C)cc(C(C)(C)C)cc3C(C)(C)C)cc2CCCCCCCC)cc1. The van der Waals surface area contributed by atoms with Crippen LogP contribution in [0.4, 0.5) is 0 Å². The van der Waals surface area contributed by atoms with E-state index in [2.05, 4.69) is 222 Å². The van der Waals surface area contributed by atoms with Gasteiger partial charge in [-0.05, 0) is 154 Å². The van der Waals surface area contributed by atoms with Crippen molar-refractivity contribution in [1.29, 1.82) is 0 Å². The maximum absolute atomic E-state index is 3.78. The molecule has 0 nitrogen and oxygen atoms in total. The van der Waals surface area contributed by atoms with E-state index in [1.165, 1.54) is 163 Å². The minimum Gasteiger partial charge on any atom is -0.126 e. The second kappa shape index (κ2) is 26.1. The molecule has 0 bridgehead atoms. The molecule has 74 heavy (non-hydrogen) atoms. The molecule has 0 saturated heterocycles. The normalized spacial score (nSPS) is 13.0. The van der Waals surface area contributed by atoms with E-state index in [4.69, 9.17) is 0 Å². The van der Waals surface area contributed by atoms with Crippen molar-refractivity contribution in [2.45, 2.75) is 261 Å².